The van der Waals surface area contributed by atoms with Crippen LogP contribution in [0.2, 0.25) is 0 Å². The summed E-state index contributed by atoms with van der Waals surface area (Å²) in [6.07, 6.45) is 1.50. The van der Waals surface area contributed by atoms with Gasteiger partial charge in [0.15, 0.2) is 5.78 Å². The van der Waals surface area contributed by atoms with Crippen molar-refractivity contribution in [2.75, 3.05) is 5.01 Å². The highest BCUT2D eigenvalue weighted by atomic mass is 16.1. The number of aryl methyl sites for hydroxylation is 1. The van der Waals surface area contributed by atoms with Gasteiger partial charge in [0.05, 0.1) is 5.69 Å². The smallest absolute Gasteiger partial charge is 0.159 e. The highest BCUT2D eigenvalue weighted by Crippen LogP contribution is 2.26. The number of carbonyl (C=O) groups excluding carboxylic acids is 1. The molecule has 2 rings (SSSR count). The lowest BCUT2D eigenvalue weighted by molar-refractivity contribution is 0.101. The Hall–Kier alpha value is -1.88. The Bertz CT molecular complexity index is 467. The van der Waals surface area contributed by atoms with E-state index in [1.54, 1.807) is 13.0 Å². The summed E-state index contributed by atoms with van der Waals surface area (Å²) in [5.74, 6) is 11.8. The molecular formula is C11H14N4O. The molecule has 0 spiro atoms. The van der Waals surface area contributed by atoms with Gasteiger partial charge < -0.3 is 5.84 Å². The molecule has 0 bridgehead atoms. The molecule has 84 valence electrons. The lowest BCUT2D eigenvalue weighted by Gasteiger charge is -2.27. The third-order valence-electron chi connectivity index (χ3n) is 2.79. The fourth-order valence-corrected chi connectivity index (χ4v) is 1.87. The Morgan fingerprint density at radius 3 is 2.81 bits per heavy atom. The summed E-state index contributed by atoms with van der Waals surface area (Å²) in [5.41, 5.74) is 2.63. The summed E-state index contributed by atoms with van der Waals surface area (Å²) >= 11 is 0. The zero-order valence-corrected chi connectivity index (χ0v) is 9.10. The molecule has 0 fully saturated rings. The van der Waals surface area contributed by atoms with Crippen LogP contribution >= 0.6 is 0 Å². The van der Waals surface area contributed by atoms with Gasteiger partial charge in [0.25, 0.3) is 0 Å². The molecule has 4 N–H and O–H groups in total. The van der Waals surface area contributed by atoms with Crippen molar-refractivity contribution in [3.63, 3.8) is 0 Å². The molecular weight excluding hydrogens is 204 g/mol. The molecule has 1 aliphatic rings. The second kappa shape index (κ2) is 3.94. The molecule has 0 saturated heterocycles. The fraction of sp³-hybridized carbons (Fsp3) is 0.273. The van der Waals surface area contributed by atoms with Gasteiger partial charge in [0.2, 0.25) is 0 Å². The Morgan fingerprint density at radius 2 is 2.19 bits per heavy atom. The van der Waals surface area contributed by atoms with E-state index in [1.807, 2.05) is 12.1 Å². The molecule has 5 heteroatoms. The van der Waals surface area contributed by atoms with E-state index < -0.39 is 0 Å². The monoisotopic (exact) mass is 218 g/mol. The van der Waals surface area contributed by atoms with Crippen molar-refractivity contribution in [2.24, 2.45) is 16.8 Å². The minimum Gasteiger partial charge on any atom is -0.322 e. The van der Waals surface area contributed by atoms with Crippen LogP contribution in [0, 0.1) is 0 Å². The number of hydrogen-bond acceptors (Lipinski definition) is 4. The van der Waals surface area contributed by atoms with Crippen LogP contribution in [0.15, 0.2) is 23.3 Å². The molecule has 0 saturated carbocycles. The van der Waals surface area contributed by atoms with Crippen molar-refractivity contribution in [1.82, 2.24) is 0 Å². The molecule has 0 unspecified atom stereocenters. The van der Waals surface area contributed by atoms with E-state index in [4.69, 9.17) is 11.7 Å². The van der Waals surface area contributed by atoms with Crippen LogP contribution in [0.4, 0.5) is 5.69 Å². The first-order chi connectivity index (χ1) is 7.63. The highest BCUT2D eigenvalue weighted by molar-refractivity contribution is 6.00. The Labute approximate surface area is 93.7 Å². The number of hydrazine groups is 1. The maximum absolute atomic E-state index is 11.2. The van der Waals surface area contributed by atoms with E-state index in [0.717, 1.165) is 17.7 Å². The highest BCUT2D eigenvalue weighted by Gasteiger charge is 2.20. The number of fused-ring (bicyclic) bond motifs is 1. The van der Waals surface area contributed by atoms with Crippen LogP contribution in [-0.4, -0.2) is 11.6 Å². The van der Waals surface area contributed by atoms with Crippen molar-refractivity contribution in [2.45, 2.75) is 19.8 Å². The second-order valence-electron chi connectivity index (χ2n) is 3.82. The summed E-state index contributed by atoms with van der Waals surface area (Å²) in [6, 6.07) is 5.47. The Balaban J connectivity index is 2.45. The molecule has 1 aliphatic heterocycles. The van der Waals surface area contributed by atoms with Gasteiger partial charge >= 0.3 is 0 Å². The quantitative estimate of drug-likeness (QED) is 0.414. The zero-order valence-electron chi connectivity index (χ0n) is 9.10. The zero-order chi connectivity index (χ0) is 11.7. The Kier molecular flexibility index (Phi) is 2.62. The van der Waals surface area contributed by atoms with E-state index in [2.05, 4.69) is 5.10 Å². The summed E-state index contributed by atoms with van der Waals surface area (Å²) in [7, 11) is 0. The first-order valence-corrected chi connectivity index (χ1v) is 5.09. The van der Waals surface area contributed by atoms with Gasteiger partial charge in [-0.1, -0.05) is 0 Å². The molecule has 5 nitrogen and oxygen atoms in total. The standard InChI is InChI=1S/C11H14N4O/c1-7(16)8-2-4-10-9(6-8)3-5-11(14-12)15(10)13/h2,4,6H,3,5,12-13H2,1H3/b14-11-. The molecule has 0 aromatic heterocycles. The van der Waals surface area contributed by atoms with Crippen LogP contribution in [-0.2, 0) is 6.42 Å². The molecule has 0 atom stereocenters. The maximum atomic E-state index is 11.2. The first kappa shape index (κ1) is 10.6. The molecule has 0 aliphatic carbocycles. The number of carbonyl (C=O) groups is 1. The summed E-state index contributed by atoms with van der Waals surface area (Å²) < 4.78 is 0. The van der Waals surface area contributed by atoms with Crippen LogP contribution in [0.1, 0.15) is 29.3 Å². The predicted molar refractivity (Wildman–Crippen MR) is 63.1 cm³/mol. The molecule has 16 heavy (non-hydrogen) atoms. The fourth-order valence-electron chi connectivity index (χ4n) is 1.87. The van der Waals surface area contributed by atoms with E-state index in [-0.39, 0.29) is 5.78 Å². The number of ketones is 1. The number of Topliss-reactive ketones (excluding diaryl/α,β-unsaturated/α-hetero) is 1. The van der Waals surface area contributed by atoms with Crippen molar-refractivity contribution in [1.29, 1.82) is 0 Å². The van der Waals surface area contributed by atoms with Crippen LogP contribution < -0.4 is 16.7 Å². The minimum atomic E-state index is 0.0599. The van der Waals surface area contributed by atoms with Gasteiger partial charge in [0.1, 0.15) is 5.84 Å². The summed E-state index contributed by atoms with van der Waals surface area (Å²) in [4.78, 5) is 11.2. The molecule has 1 aromatic rings. The van der Waals surface area contributed by atoms with E-state index >= 15 is 0 Å². The van der Waals surface area contributed by atoms with Crippen molar-refractivity contribution in [3.05, 3.63) is 29.3 Å². The molecule has 0 radical (unpaired) electrons. The first-order valence-electron chi connectivity index (χ1n) is 5.09. The van der Waals surface area contributed by atoms with E-state index in [0.29, 0.717) is 17.8 Å². The number of hydrazone groups is 1. The van der Waals surface area contributed by atoms with Gasteiger partial charge in [-0.2, -0.15) is 5.10 Å². The second-order valence-corrected chi connectivity index (χ2v) is 3.82. The van der Waals surface area contributed by atoms with Gasteiger partial charge in [-0.15, -0.1) is 0 Å². The number of nitrogens with zero attached hydrogens (tertiary/aromatic N) is 2. The van der Waals surface area contributed by atoms with E-state index in [9.17, 15) is 4.79 Å². The molecule has 0 amide bonds. The lowest BCUT2D eigenvalue weighted by atomic mass is 9.98. The van der Waals surface area contributed by atoms with Crippen molar-refractivity contribution < 1.29 is 4.79 Å². The average molecular weight is 218 g/mol. The third kappa shape index (κ3) is 1.65. The number of rotatable bonds is 1. The lowest BCUT2D eigenvalue weighted by Crippen LogP contribution is -2.41. The van der Waals surface area contributed by atoms with E-state index in [1.165, 1.54) is 5.01 Å². The normalized spacial score (nSPS) is 17.4. The van der Waals surface area contributed by atoms with Gasteiger partial charge in [0, 0.05) is 12.0 Å². The molecule has 1 aromatic carbocycles. The van der Waals surface area contributed by atoms with Crippen LogP contribution in [0.5, 0.6) is 0 Å². The van der Waals surface area contributed by atoms with Crippen molar-refractivity contribution >= 4 is 17.3 Å². The molecule has 1 heterocycles. The number of nitrogens with two attached hydrogens (primary N) is 2. The SMILES string of the molecule is CC(=O)c1ccc2c(c1)CC/C(=N/N)N2N. The van der Waals surface area contributed by atoms with Crippen molar-refractivity contribution in [3.8, 4) is 0 Å². The van der Waals surface area contributed by atoms with Gasteiger partial charge in [-0.3, -0.25) is 9.80 Å². The van der Waals surface area contributed by atoms with Crippen LogP contribution in [0.25, 0.3) is 0 Å². The predicted octanol–water partition coefficient (Wildman–Crippen LogP) is 0.788. The third-order valence-corrected chi connectivity index (χ3v) is 2.79. The number of benzene rings is 1. The average Bonchev–Trinajstić information content (AvgIpc) is 2.29. The summed E-state index contributed by atoms with van der Waals surface area (Å²) in [5, 5.41) is 5.11. The number of hydrogen-bond donors (Lipinski definition) is 2. The van der Waals surface area contributed by atoms with Gasteiger partial charge in [-0.05, 0) is 37.1 Å². The Morgan fingerprint density at radius 1 is 1.44 bits per heavy atom. The number of amidine groups is 1. The summed E-state index contributed by atoms with van der Waals surface area (Å²) in [6.45, 7) is 1.55. The number of anilines is 1. The van der Waals surface area contributed by atoms with Crippen LogP contribution in [0.3, 0.4) is 0 Å². The topological polar surface area (TPSA) is 84.7 Å². The largest absolute Gasteiger partial charge is 0.322 e. The minimum absolute atomic E-state index is 0.0599. The maximum Gasteiger partial charge on any atom is 0.159 e. The van der Waals surface area contributed by atoms with Gasteiger partial charge in [-0.25, -0.2) is 5.84 Å².